The van der Waals surface area contributed by atoms with E-state index in [1.165, 1.54) is 12.3 Å². The largest absolute Gasteiger partial charge is 0.439 e. The number of nitrogens with one attached hydrogen (secondary N) is 2. The molecule has 6 nitrogen and oxygen atoms in total. The Hall–Kier alpha value is -2.70. The molecule has 0 radical (unpaired) electrons. The standard InChI is InChI=1S/C11H7FN4O2/c12-7-4-2-1-3-6(7)8-5-13-9(14-8)10-15-11(17)18-16-10/h1-5H,(H,13,14)(H,15,16,17). The molecule has 7 heteroatoms. The monoisotopic (exact) mass is 246 g/mol. The molecule has 1 aromatic carbocycles. The average molecular weight is 246 g/mol. The van der Waals surface area contributed by atoms with Gasteiger partial charge in [0.05, 0.1) is 11.9 Å². The minimum Gasteiger partial charge on any atom is -0.335 e. The Morgan fingerprint density at radius 2 is 2.00 bits per heavy atom. The van der Waals surface area contributed by atoms with Crippen LogP contribution >= 0.6 is 0 Å². The zero-order chi connectivity index (χ0) is 12.5. The lowest BCUT2D eigenvalue weighted by Gasteiger charge is -1.97. The van der Waals surface area contributed by atoms with E-state index in [-0.39, 0.29) is 11.6 Å². The highest BCUT2D eigenvalue weighted by Crippen LogP contribution is 2.22. The minimum absolute atomic E-state index is 0.169. The summed E-state index contributed by atoms with van der Waals surface area (Å²) in [6, 6.07) is 6.30. The van der Waals surface area contributed by atoms with Crippen molar-refractivity contribution < 1.29 is 8.91 Å². The molecule has 3 rings (SSSR count). The third-order valence-corrected chi connectivity index (χ3v) is 2.40. The molecule has 2 aromatic heterocycles. The summed E-state index contributed by atoms with van der Waals surface area (Å²) in [4.78, 5) is 20.0. The summed E-state index contributed by atoms with van der Waals surface area (Å²) in [6.07, 6.45) is 1.46. The Labute approximate surface area is 99.5 Å². The van der Waals surface area contributed by atoms with Crippen LogP contribution in [-0.2, 0) is 0 Å². The van der Waals surface area contributed by atoms with Gasteiger partial charge in [-0.25, -0.2) is 14.2 Å². The van der Waals surface area contributed by atoms with Gasteiger partial charge in [-0.05, 0) is 12.1 Å². The van der Waals surface area contributed by atoms with Gasteiger partial charge in [-0.3, -0.25) is 9.51 Å². The zero-order valence-electron chi connectivity index (χ0n) is 8.98. The summed E-state index contributed by atoms with van der Waals surface area (Å²) in [5.74, 6) is -0.558. The van der Waals surface area contributed by atoms with Gasteiger partial charge in [-0.1, -0.05) is 17.3 Å². The number of aromatic nitrogens is 4. The van der Waals surface area contributed by atoms with Crippen LogP contribution in [-0.4, -0.2) is 20.1 Å². The van der Waals surface area contributed by atoms with E-state index < -0.39 is 5.76 Å². The predicted molar refractivity (Wildman–Crippen MR) is 60.1 cm³/mol. The zero-order valence-corrected chi connectivity index (χ0v) is 8.98. The molecular formula is C11H7FN4O2. The molecule has 0 amide bonds. The maximum absolute atomic E-state index is 13.6. The summed E-state index contributed by atoms with van der Waals surface area (Å²) in [6.45, 7) is 0. The number of halogens is 1. The third kappa shape index (κ3) is 1.71. The fourth-order valence-electron chi connectivity index (χ4n) is 1.59. The SMILES string of the molecule is O=c1[nH]c(-c2ncc(-c3ccccc3F)[nH]2)no1. The molecule has 0 aliphatic rings. The number of rotatable bonds is 2. The number of benzene rings is 1. The predicted octanol–water partition coefficient (Wildman–Crippen LogP) is 1.56. The fourth-order valence-corrected chi connectivity index (χ4v) is 1.59. The lowest BCUT2D eigenvalue weighted by Crippen LogP contribution is -1.95. The van der Waals surface area contributed by atoms with E-state index >= 15 is 0 Å². The van der Waals surface area contributed by atoms with Crippen LogP contribution in [0.4, 0.5) is 4.39 Å². The van der Waals surface area contributed by atoms with Crippen LogP contribution in [0.5, 0.6) is 0 Å². The third-order valence-electron chi connectivity index (χ3n) is 2.40. The number of H-pyrrole nitrogens is 2. The maximum Gasteiger partial charge on any atom is 0.439 e. The highest BCUT2D eigenvalue weighted by Gasteiger charge is 2.11. The van der Waals surface area contributed by atoms with Gasteiger partial charge in [0, 0.05) is 5.56 Å². The van der Waals surface area contributed by atoms with E-state index in [4.69, 9.17) is 0 Å². The smallest absolute Gasteiger partial charge is 0.335 e. The molecule has 0 saturated carbocycles. The van der Waals surface area contributed by atoms with Crippen molar-refractivity contribution in [2.45, 2.75) is 0 Å². The molecule has 18 heavy (non-hydrogen) atoms. The van der Waals surface area contributed by atoms with Crippen molar-refractivity contribution in [1.82, 2.24) is 20.1 Å². The van der Waals surface area contributed by atoms with Crippen LogP contribution < -0.4 is 5.76 Å². The summed E-state index contributed by atoms with van der Waals surface area (Å²) in [5, 5.41) is 3.48. The number of aromatic amines is 2. The van der Waals surface area contributed by atoms with Crippen molar-refractivity contribution in [3.63, 3.8) is 0 Å². The molecule has 0 aliphatic heterocycles. The normalized spacial score (nSPS) is 10.7. The summed E-state index contributed by atoms with van der Waals surface area (Å²) in [5.41, 5.74) is 0.883. The quantitative estimate of drug-likeness (QED) is 0.718. The number of imidazole rings is 1. The average Bonchev–Trinajstić information content (AvgIpc) is 2.98. The molecule has 90 valence electrons. The van der Waals surface area contributed by atoms with Crippen molar-refractivity contribution in [2.75, 3.05) is 0 Å². The highest BCUT2D eigenvalue weighted by molar-refractivity contribution is 5.62. The molecular weight excluding hydrogens is 239 g/mol. The topological polar surface area (TPSA) is 87.6 Å². The van der Waals surface area contributed by atoms with Crippen LogP contribution in [0.25, 0.3) is 22.9 Å². The minimum atomic E-state index is -0.672. The molecule has 0 fully saturated rings. The molecule has 2 N–H and O–H groups in total. The van der Waals surface area contributed by atoms with E-state index in [1.54, 1.807) is 18.2 Å². The van der Waals surface area contributed by atoms with E-state index in [0.29, 0.717) is 17.1 Å². The van der Waals surface area contributed by atoms with Crippen LogP contribution in [0.15, 0.2) is 39.8 Å². The van der Waals surface area contributed by atoms with E-state index in [2.05, 4.69) is 24.6 Å². The van der Waals surface area contributed by atoms with Crippen molar-refractivity contribution in [3.05, 3.63) is 46.8 Å². The number of hydrogen-bond acceptors (Lipinski definition) is 4. The molecule has 2 heterocycles. The molecule has 0 spiro atoms. The first-order chi connectivity index (χ1) is 8.74. The maximum atomic E-state index is 13.6. The molecule has 0 saturated heterocycles. The van der Waals surface area contributed by atoms with Gasteiger partial charge in [0.25, 0.3) is 0 Å². The van der Waals surface area contributed by atoms with Gasteiger partial charge in [-0.2, -0.15) is 0 Å². The molecule has 0 unspecified atom stereocenters. The van der Waals surface area contributed by atoms with Crippen molar-refractivity contribution in [2.24, 2.45) is 0 Å². The first-order valence-corrected chi connectivity index (χ1v) is 5.10. The molecule has 0 aliphatic carbocycles. The lowest BCUT2D eigenvalue weighted by atomic mass is 10.1. The Balaban J connectivity index is 2.05. The Kier molecular flexibility index (Phi) is 2.30. The summed E-state index contributed by atoms with van der Waals surface area (Å²) >= 11 is 0. The Morgan fingerprint density at radius 3 is 2.72 bits per heavy atom. The van der Waals surface area contributed by atoms with Crippen molar-refractivity contribution in [1.29, 1.82) is 0 Å². The Bertz CT molecular complexity index is 743. The van der Waals surface area contributed by atoms with Gasteiger partial charge < -0.3 is 4.98 Å². The molecule has 0 atom stereocenters. The Morgan fingerprint density at radius 1 is 1.17 bits per heavy atom. The van der Waals surface area contributed by atoms with Crippen molar-refractivity contribution >= 4 is 0 Å². The van der Waals surface area contributed by atoms with Crippen LogP contribution in [0.3, 0.4) is 0 Å². The second kappa shape index (κ2) is 3.95. The second-order valence-electron chi connectivity index (χ2n) is 3.57. The van der Waals surface area contributed by atoms with Gasteiger partial charge in [0.15, 0.2) is 5.82 Å². The first-order valence-electron chi connectivity index (χ1n) is 5.10. The second-order valence-corrected chi connectivity index (χ2v) is 3.57. The summed E-state index contributed by atoms with van der Waals surface area (Å²) in [7, 11) is 0. The van der Waals surface area contributed by atoms with Gasteiger partial charge in [-0.15, -0.1) is 0 Å². The molecule has 0 bridgehead atoms. The number of hydrogen-bond donors (Lipinski definition) is 2. The van der Waals surface area contributed by atoms with Gasteiger partial charge >= 0.3 is 5.76 Å². The van der Waals surface area contributed by atoms with E-state index in [1.807, 2.05) is 0 Å². The van der Waals surface area contributed by atoms with E-state index in [0.717, 1.165) is 0 Å². The fraction of sp³-hybridized carbons (Fsp3) is 0. The van der Waals surface area contributed by atoms with Crippen molar-refractivity contribution in [3.8, 4) is 22.9 Å². The highest BCUT2D eigenvalue weighted by atomic mass is 19.1. The van der Waals surface area contributed by atoms with Crippen LogP contribution in [0.2, 0.25) is 0 Å². The van der Waals surface area contributed by atoms with E-state index in [9.17, 15) is 9.18 Å². The molecule has 3 aromatic rings. The van der Waals surface area contributed by atoms with Gasteiger partial charge in [0.2, 0.25) is 5.82 Å². The summed E-state index contributed by atoms with van der Waals surface area (Å²) < 4.78 is 17.9. The number of nitrogens with zero attached hydrogens (tertiary/aromatic N) is 2. The lowest BCUT2D eigenvalue weighted by molar-refractivity contribution is 0.387. The van der Waals surface area contributed by atoms with Crippen LogP contribution in [0, 0.1) is 5.82 Å². The van der Waals surface area contributed by atoms with Crippen LogP contribution in [0.1, 0.15) is 0 Å². The van der Waals surface area contributed by atoms with Gasteiger partial charge in [0.1, 0.15) is 5.82 Å². The first kappa shape index (κ1) is 10.5.